The molecule has 0 N–H and O–H groups in total. The summed E-state index contributed by atoms with van der Waals surface area (Å²) in [6.45, 7) is 0. The zero-order valence-corrected chi connectivity index (χ0v) is 7.92. The predicted molar refractivity (Wildman–Crippen MR) is 46.6 cm³/mol. The number of nitrogens with zero attached hydrogens (tertiary/aromatic N) is 2. The third kappa shape index (κ3) is 1.88. The Balaban J connectivity index is 3.24. The molecule has 1 aromatic rings. The quantitative estimate of drug-likeness (QED) is 0.585. The van der Waals surface area contributed by atoms with E-state index in [1.54, 1.807) is 6.07 Å². The number of alkyl halides is 2. The lowest BCUT2D eigenvalue weighted by Gasteiger charge is -2.00. The van der Waals surface area contributed by atoms with Gasteiger partial charge in [0.1, 0.15) is 15.5 Å². The first-order valence-electron chi connectivity index (χ1n) is 3.00. The van der Waals surface area contributed by atoms with E-state index in [-0.39, 0.29) is 5.56 Å². The maximum atomic E-state index is 12.2. The summed E-state index contributed by atoms with van der Waals surface area (Å²) in [6, 6.07) is 4.52. The van der Waals surface area contributed by atoms with E-state index < -0.39 is 12.1 Å². The van der Waals surface area contributed by atoms with Gasteiger partial charge in [-0.2, -0.15) is 5.26 Å². The molecule has 2 nitrogen and oxygen atoms in total. The highest BCUT2D eigenvalue weighted by atomic mass is 127. The van der Waals surface area contributed by atoms with Gasteiger partial charge in [-0.25, -0.2) is 13.8 Å². The monoisotopic (exact) mass is 280 g/mol. The summed E-state index contributed by atoms with van der Waals surface area (Å²) < 4.78 is 24.8. The van der Waals surface area contributed by atoms with Gasteiger partial charge >= 0.3 is 0 Å². The van der Waals surface area contributed by atoms with Gasteiger partial charge in [0.15, 0.2) is 0 Å². The van der Waals surface area contributed by atoms with Crippen LogP contribution in [0.25, 0.3) is 0 Å². The molecule has 0 bridgehead atoms. The van der Waals surface area contributed by atoms with Crippen LogP contribution in [0.1, 0.15) is 17.7 Å². The number of pyridine rings is 1. The van der Waals surface area contributed by atoms with E-state index in [1.807, 2.05) is 22.6 Å². The summed E-state index contributed by atoms with van der Waals surface area (Å²) in [6.07, 6.45) is -2.69. The van der Waals surface area contributed by atoms with Gasteiger partial charge in [-0.15, -0.1) is 0 Å². The van der Waals surface area contributed by atoms with Crippen LogP contribution >= 0.6 is 22.6 Å². The normalized spacial score (nSPS) is 9.92. The summed E-state index contributed by atoms with van der Waals surface area (Å²) in [5.74, 6) is 0. The van der Waals surface area contributed by atoms with Gasteiger partial charge in [0.2, 0.25) is 0 Å². The van der Waals surface area contributed by atoms with Crippen molar-refractivity contribution < 1.29 is 8.78 Å². The SMILES string of the molecule is N#Cc1ccc(I)nc1C(F)F. The molecule has 0 aromatic carbocycles. The van der Waals surface area contributed by atoms with Gasteiger partial charge in [0, 0.05) is 0 Å². The standard InChI is InChI=1S/C7H3F2IN2/c8-7(9)6-4(3-11)1-2-5(10)12-6/h1-2,7H. The molecule has 1 aromatic heterocycles. The Morgan fingerprint density at radius 1 is 1.50 bits per heavy atom. The predicted octanol–water partition coefficient (Wildman–Crippen LogP) is 2.50. The lowest BCUT2D eigenvalue weighted by Crippen LogP contribution is -1.96. The average Bonchev–Trinajstić information content (AvgIpc) is 2.04. The highest BCUT2D eigenvalue weighted by Gasteiger charge is 2.14. The largest absolute Gasteiger partial charge is 0.281 e. The van der Waals surface area contributed by atoms with Gasteiger partial charge in [-0.1, -0.05) is 0 Å². The third-order valence-corrected chi connectivity index (χ3v) is 1.82. The Morgan fingerprint density at radius 3 is 2.67 bits per heavy atom. The maximum absolute atomic E-state index is 12.2. The van der Waals surface area contributed by atoms with Crippen molar-refractivity contribution >= 4 is 22.6 Å². The van der Waals surface area contributed by atoms with Crippen molar-refractivity contribution in [3.8, 4) is 6.07 Å². The second-order valence-electron chi connectivity index (χ2n) is 1.98. The molecule has 1 heterocycles. The molecule has 5 heteroatoms. The molecule has 0 aliphatic carbocycles. The van der Waals surface area contributed by atoms with Crippen LogP contribution in [0.3, 0.4) is 0 Å². The molecular weight excluding hydrogens is 277 g/mol. The smallest absolute Gasteiger partial charge is 0.239 e. The van der Waals surface area contributed by atoms with Crippen LogP contribution in [0.5, 0.6) is 0 Å². The summed E-state index contributed by atoms with van der Waals surface area (Å²) in [5.41, 5.74) is -0.505. The number of aromatic nitrogens is 1. The number of hydrogen-bond donors (Lipinski definition) is 0. The van der Waals surface area contributed by atoms with Crippen LogP contribution in [0.4, 0.5) is 8.78 Å². The topological polar surface area (TPSA) is 36.7 Å². The summed E-state index contributed by atoms with van der Waals surface area (Å²) in [5, 5.41) is 8.43. The van der Waals surface area contributed by atoms with E-state index in [9.17, 15) is 8.78 Å². The van der Waals surface area contributed by atoms with Gasteiger partial charge in [0.05, 0.1) is 5.56 Å². The van der Waals surface area contributed by atoms with E-state index in [0.717, 1.165) is 0 Å². The Kier molecular flexibility index (Phi) is 2.92. The molecule has 0 atom stereocenters. The number of halogens is 3. The van der Waals surface area contributed by atoms with Crippen molar-refractivity contribution in [3.63, 3.8) is 0 Å². The van der Waals surface area contributed by atoms with Crippen molar-refractivity contribution in [2.75, 3.05) is 0 Å². The lowest BCUT2D eigenvalue weighted by molar-refractivity contribution is 0.145. The van der Waals surface area contributed by atoms with Crippen LogP contribution in [0.2, 0.25) is 0 Å². The molecule has 0 amide bonds. The van der Waals surface area contributed by atoms with Crippen LogP contribution in [-0.2, 0) is 0 Å². The lowest BCUT2D eigenvalue weighted by atomic mass is 10.2. The Labute approximate surface area is 81.4 Å². The van der Waals surface area contributed by atoms with E-state index in [1.165, 1.54) is 12.1 Å². The van der Waals surface area contributed by atoms with Crippen LogP contribution in [0, 0.1) is 15.0 Å². The number of nitriles is 1. The van der Waals surface area contributed by atoms with E-state index in [2.05, 4.69) is 4.98 Å². The van der Waals surface area contributed by atoms with Gasteiger partial charge < -0.3 is 0 Å². The minimum Gasteiger partial charge on any atom is -0.239 e. The molecule has 12 heavy (non-hydrogen) atoms. The number of rotatable bonds is 1. The average molecular weight is 280 g/mol. The van der Waals surface area contributed by atoms with Crippen molar-refractivity contribution in [2.24, 2.45) is 0 Å². The zero-order valence-electron chi connectivity index (χ0n) is 5.76. The number of hydrogen-bond acceptors (Lipinski definition) is 2. The zero-order chi connectivity index (χ0) is 9.14. The molecule has 0 spiro atoms. The molecule has 0 unspecified atom stereocenters. The summed E-state index contributed by atoms with van der Waals surface area (Å²) >= 11 is 1.82. The Hall–Kier alpha value is -0.770. The first-order valence-corrected chi connectivity index (χ1v) is 4.07. The Bertz CT molecular complexity index is 333. The minimum absolute atomic E-state index is 0.0644. The molecule has 0 aliphatic heterocycles. The molecule has 0 aliphatic rings. The fourth-order valence-corrected chi connectivity index (χ4v) is 1.15. The van der Waals surface area contributed by atoms with Crippen LogP contribution in [-0.4, -0.2) is 4.98 Å². The molecule has 0 fully saturated rings. The molecule has 62 valence electrons. The highest BCUT2D eigenvalue weighted by Crippen LogP contribution is 2.20. The van der Waals surface area contributed by atoms with Gasteiger partial charge in [-0.3, -0.25) is 0 Å². The van der Waals surface area contributed by atoms with Crippen molar-refractivity contribution in [2.45, 2.75) is 6.43 Å². The highest BCUT2D eigenvalue weighted by molar-refractivity contribution is 14.1. The van der Waals surface area contributed by atoms with E-state index in [0.29, 0.717) is 3.70 Å². The fraction of sp³-hybridized carbons (Fsp3) is 0.143. The third-order valence-electron chi connectivity index (χ3n) is 1.22. The molecule has 0 radical (unpaired) electrons. The first kappa shape index (κ1) is 9.32. The minimum atomic E-state index is -2.69. The second-order valence-corrected chi connectivity index (χ2v) is 3.08. The van der Waals surface area contributed by atoms with Crippen molar-refractivity contribution in [1.82, 2.24) is 4.98 Å². The van der Waals surface area contributed by atoms with Crippen LogP contribution in [0.15, 0.2) is 12.1 Å². The molecule has 0 saturated heterocycles. The maximum Gasteiger partial charge on any atom is 0.281 e. The first-order chi connectivity index (χ1) is 5.65. The van der Waals surface area contributed by atoms with Crippen molar-refractivity contribution in [3.05, 3.63) is 27.1 Å². The molecule has 0 saturated carbocycles. The van der Waals surface area contributed by atoms with Crippen LogP contribution < -0.4 is 0 Å². The van der Waals surface area contributed by atoms with E-state index >= 15 is 0 Å². The molecule has 1 rings (SSSR count). The molecular formula is C7H3F2IN2. The van der Waals surface area contributed by atoms with E-state index in [4.69, 9.17) is 5.26 Å². The summed E-state index contributed by atoms with van der Waals surface area (Å²) in [7, 11) is 0. The van der Waals surface area contributed by atoms with Gasteiger partial charge in [0.25, 0.3) is 6.43 Å². The van der Waals surface area contributed by atoms with Gasteiger partial charge in [-0.05, 0) is 34.7 Å². The van der Waals surface area contributed by atoms with Crippen molar-refractivity contribution in [1.29, 1.82) is 5.26 Å². The summed E-state index contributed by atoms with van der Waals surface area (Å²) in [4.78, 5) is 3.56. The Morgan fingerprint density at radius 2 is 2.17 bits per heavy atom. The second kappa shape index (κ2) is 3.76. The fourth-order valence-electron chi connectivity index (χ4n) is 0.711.